The highest BCUT2D eigenvalue weighted by Crippen LogP contribution is 2.61. The Hall–Kier alpha value is 0.250. The van der Waals surface area contributed by atoms with E-state index in [0.29, 0.717) is 0 Å². The summed E-state index contributed by atoms with van der Waals surface area (Å²) in [6, 6.07) is 0. The van der Waals surface area contributed by atoms with Crippen LogP contribution in [0.1, 0.15) is 13.3 Å². The number of alkyl halides is 1. The molecule has 2 aliphatic rings. The molecule has 10 heavy (non-hydrogen) atoms. The summed E-state index contributed by atoms with van der Waals surface area (Å²) in [7, 11) is 2.18. The summed E-state index contributed by atoms with van der Waals surface area (Å²) in [5, 5.41) is 0. The fourth-order valence-electron chi connectivity index (χ4n) is 2.39. The maximum atomic E-state index is 6.34. The average Bonchev–Trinajstić information content (AvgIpc) is 2.28. The molecule has 0 bridgehead atoms. The molecule has 0 spiro atoms. The Morgan fingerprint density at radius 2 is 2.00 bits per heavy atom. The first-order valence-corrected chi connectivity index (χ1v) is 4.43. The molecule has 1 unspecified atom stereocenters. The highest BCUT2D eigenvalue weighted by atomic mass is 35.5. The van der Waals surface area contributed by atoms with Crippen molar-refractivity contribution in [3.8, 4) is 0 Å². The van der Waals surface area contributed by atoms with Crippen molar-refractivity contribution in [1.29, 1.82) is 0 Å². The van der Waals surface area contributed by atoms with Crippen LogP contribution in [0.3, 0.4) is 0 Å². The van der Waals surface area contributed by atoms with Gasteiger partial charge in [0.15, 0.2) is 0 Å². The van der Waals surface area contributed by atoms with E-state index in [-0.39, 0.29) is 4.87 Å². The maximum absolute atomic E-state index is 6.34. The van der Waals surface area contributed by atoms with Crippen molar-refractivity contribution in [3.63, 3.8) is 0 Å². The van der Waals surface area contributed by atoms with Gasteiger partial charge in [0.1, 0.15) is 0 Å². The number of piperidine rings is 1. The van der Waals surface area contributed by atoms with Crippen LogP contribution in [-0.4, -0.2) is 29.9 Å². The molecule has 58 valence electrons. The molecule has 0 aromatic carbocycles. The van der Waals surface area contributed by atoms with Gasteiger partial charge in [0.05, 0.1) is 4.87 Å². The molecule has 1 saturated heterocycles. The lowest BCUT2D eigenvalue weighted by Crippen LogP contribution is -2.24. The standard InChI is InChI=1S/C8H14ClN/c1-3-8(9)6-4-10(2)5-7(6)8/h6-7H,3-5H2,1-2H3/t6-,7+,8?. The summed E-state index contributed by atoms with van der Waals surface area (Å²) in [5.74, 6) is 1.62. The summed E-state index contributed by atoms with van der Waals surface area (Å²) < 4.78 is 0. The van der Waals surface area contributed by atoms with Gasteiger partial charge < -0.3 is 4.90 Å². The number of likely N-dealkylation sites (tertiary alicyclic amines) is 1. The van der Waals surface area contributed by atoms with Crippen molar-refractivity contribution in [1.82, 2.24) is 4.90 Å². The maximum Gasteiger partial charge on any atom is 0.0532 e. The van der Waals surface area contributed by atoms with E-state index in [2.05, 4.69) is 18.9 Å². The molecule has 1 nitrogen and oxygen atoms in total. The molecule has 0 N–H and O–H groups in total. The van der Waals surface area contributed by atoms with E-state index in [4.69, 9.17) is 11.6 Å². The SMILES string of the molecule is CCC1(Cl)[C@@H]2CN(C)C[C@@H]21. The van der Waals surface area contributed by atoms with Gasteiger partial charge >= 0.3 is 0 Å². The van der Waals surface area contributed by atoms with E-state index in [9.17, 15) is 0 Å². The molecular weight excluding hydrogens is 146 g/mol. The Morgan fingerprint density at radius 1 is 1.50 bits per heavy atom. The van der Waals surface area contributed by atoms with Gasteiger partial charge in [0, 0.05) is 13.1 Å². The highest BCUT2D eigenvalue weighted by Gasteiger charge is 2.65. The molecule has 1 aliphatic carbocycles. The van der Waals surface area contributed by atoms with E-state index in [1.807, 2.05) is 0 Å². The molecule has 2 heteroatoms. The zero-order valence-corrected chi connectivity index (χ0v) is 7.36. The summed E-state index contributed by atoms with van der Waals surface area (Å²) in [6.45, 7) is 4.65. The van der Waals surface area contributed by atoms with Gasteiger partial charge in [-0.25, -0.2) is 0 Å². The van der Waals surface area contributed by atoms with Gasteiger partial charge in [-0.05, 0) is 25.3 Å². The minimum Gasteiger partial charge on any atom is -0.306 e. The predicted octanol–water partition coefficient (Wildman–Crippen LogP) is 1.57. The van der Waals surface area contributed by atoms with Gasteiger partial charge in [-0.15, -0.1) is 11.6 Å². The monoisotopic (exact) mass is 159 g/mol. The van der Waals surface area contributed by atoms with Crippen molar-refractivity contribution in [2.75, 3.05) is 20.1 Å². The third kappa shape index (κ3) is 0.680. The highest BCUT2D eigenvalue weighted by molar-refractivity contribution is 6.26. The number of nitrogens with zero attached hydrogens (tertiary/aromatic N) is 1. The van der Waals surface area contributed by atoms with Crippen LogP contribution in [-0.2, 0) is 0 Å². The molecule has 0 amide bonds. The third-order valence-corrected chi connectivity index (χ3v) is 4.00. The Balaban J connectivity index is 2.02. The summed E-state index contributed by atoms with van der Waals surface area (Å²) in [6.07, 6.45) is 1.15. The molecule has 2 rings (SSSR count). The molecule has 3 atom stereocenters. The van der Waals surface area contributed by atoms with E-state index < -0.39 is 0 Å². The number of halogens is 1. The van der Waals surface area contributed by atoms with Crippen molar-refractivity contribution >= 4 is 11.6 Å². The van der Waals surface area contributed by atoms with Gasteiger partial charge in [-0.3, -0.25) is 0 Å². The van der Waals surface area contributed by atoms with E-state index in [1.54, 1.807) is 0 Å². The first-order valence-electron chi connectivity index (χ1n) is 4.06. The first kappa shape index (κ1) is 6.93. The zero-order valence-electron chi connectivity index (χ0n) is 6.60. The minimum absolute atomic E-state index is 0.215. The van der Waals surface area contributed by atoms with E-state index in [1.165, 1.54) is 13.1 Å². The van der Waals surface area contributed by atoms with Crippen molar-refractivity contribution in [2.45, 2.75) is 18.2 Å². The third-order valence-electron chi connectivity index (χ3n) is 3.17. The van der Waals surface area contributed by atoms with Crippen molar-refractivity contribution in [2.24, 2.45) is 11.8 Å². The smallest absolute Gasteiger partial charge is 0.0532 e. The van der Waals surface area contributed by atoms with Crippen LogP contribution in [0, 0.1) is 11.8 Å². The van der Waals surface area contributed by atoms with Crippen LogP contribution in [0.25, 0.3) is 0 Å². The predicted molar refractivity (Wildman–Crippen MR) is 43.4 cm³/mol. The number of hydrogen-bond donors (Lipinski definition) is 0. The summed E-state index contributed by atoms with van der Waals surface area (Å²) in [5.41, 5.74) is 0. The second-order valence-electron chi connectivity index (χ2n) is 3.71. The molecule has 0 aromatic rings. The Bertz CT molecular complexity index is 145. The topological polar surface area (TPSA) is 3.24 Å². The lowest BCUT2D eigenvalue weighted by atomic mass is 10.2. The second kappa shape index (κ2) is 1.89. The normalized spacial score (nSPS) is 53.1. The molecule has 2 fully saturated rings. The summed E-state index contributed by atoms with van der Waals surface area (Å²) in [4.78, 5) is 2.60. The molecule has 0 aromatic heterocycles. The number of rotatable bonds is 1. The summed E-state index contributed by atoms with van der Waals surface area (Å²) >= 11 is 6.34. The Labute approximate surface area is 67.3 Å². The van der Waals surface area contributed by atoms with Gasteiger partial charge in [-0.2, -0.15) is 0 Å². The van der Waals surface area contributed by atoms with Crippen molar-refractivity contribution in [3.05, 3.63) is 0 Å². The Kier molecular flexibility index (Phi) is 1.31. The van der Waals surface area contributed by atoms with Crippen LogP contribution in [0.4, 0.5) is 0 Å². The van der Waals surface area contributed by atoms with Gasteiger partial charge in [0.2, 0.25) is 0 Å². The largest absolute Gasteiger partial charge is 0.306 e. The van der Waals surface area contributed by atoms with Crippen LogP contribution in [0.15, 0.2) is 0 Å². The van der Waals surface area contributed by atoms with Crippen molar-refractivity contribution < 1.29 is 0 Å². The van der Waals surface area contributed by atoms with Gasteiger partial charge in [-0.1, -0.05) is 6.92 Å². The van der Waals surface area contributed by atoms with Crippen LogP contribution >= 0.6 is 11.6 Å². The number of hydrogen-bond acceptors (Lipinski definition) is 1. The minimum atomic E-state index is 0.215. The quantitative estimate of drug-likeness (QED) is 0.525. The first-order chi connectivity index (χ1) is 4.68. The van der Waals surface area contributed by atoms with E-state index in [0.717, 1.165) is 18.3 Å². The van der Waals surface area contributed by atoms with Gasteiger partial charge in [0.25, 0.3) is 0 Å². The number of fused-ring (bicyclic) bond motifs is 1. The molecule has 0 radical (unpaired) electrons. The fraction of sp³-hybridized carbons (Fsp3) is 1.00. The molecule has 1 saturated carbocycles. The fourth-order valence-corrected chi connectivity index (χ4v) is 2.77. The second-order valence-corrected chi connectivity index (χ2v) is 4.42. The van der Waals surface area contributed by atoms with Crippen LogP contribution in [0.5, 0.6) is 0 Å². The average molecular weight is 160 g/mol. The van der Waals surface area contributed by atoms with Crippen LogP contribution < -0.4 is 0 Å². The van der Waals surface area contributed by atoms with E-state index >= 15 is 0 Å². The molecular formula is C8H14ClN. The zero-order chi connectivity index (χ0) is 7.35. The Morgan fingerprint density at radius 3 is 2.40 bits per heavy atom. The molecule has 1 aliphatic heterocycles. The molecule has 1 heterocycles. The van der Waals surface area contributed by atoms with Crippen LogP contribution in [0.2, 0.25) is 0 Å². The lowest BCUT2D eigenvalue weighted by molar-refractivity contribution is 0.350. The lowest BCUT2D eigenvalue weighted by Gasteiger charge is -2.16.